The highest BCUT2D eigenvalue weighted by Gasteiger charge is 2.23. The van der Waals surface area contributed by atoms with Gasteiger partial charge in [-0.25, -0.2) is 0 Å². The van der Waals surface area contributed by atoms with Crippen LogP contribution in [0.2, 0.25) is 0 Å². The fourth-order valence-electron chi connectivity index (χ4n) is 2.02. The van der Waals surface area contributed by atoms with Crippen LogP contribution in [0.15, 0.2) is 28.8 Å². The summed E-state index contributed by atoms with van der Waals surface area (Å²) in [5, 5.41) is 6.65. The summed E-state index contributed by atoms with van der Waals surface area (Å²) < 4.78 is 10.6. The Morgan fingerprint density at radius 1 is 1.36 bits per heavy atom. The molecule has 1 aromatic heterocycles. The molecule has 1 saturated carbocycles. The lowest BCUT2D eigenvalue weighted by atomic mass is 10.2. The van der Waals surface area contributed by atoms with Gasteiger partial charge in [0.15, 0.2) is 0 Å². The minimum Gasteiger partial charge on any atom is -0.491 e. The van der Waals surface area contributed by atoms with Crippen molar-refractivity contribution in [1.29, 1.82) is 0 Å². The monoisotopic (exact) mass is 301 g/mol. The number of benzene rings is 1. The zero-order valence-corrected chi connectivity index (χ0v) is 12.7. The number of rotatable bonds is 6. The molecule has 6 nitrogen and oxygen atoms in total. The number of nitrogens with zero attached hydrogens (tertiary/aromatic N) is 2. The molecule has 0 spiro atoms. The van der Waals surface area contributed by atoms with E-state index in [0.29, 0.717) is 18.3 Å². The summed E-state index contributed by atoms with van der Waals surface area (Å²) in [7, 11) is 0. The Hall–Kier alpha value is -2.37. The predicted molar refractivity (Wildman–Crippen MR) is 80.6 cm³/mol. The van der Waals surface area contributed by atoms with Gasteiger partial charge in [0.05, 0.1) is 6.10 Å². The van der Waals surface area contributed by atoms with Gasteiger partial charge < -0.3 is 14.6 Å². The summed E-state index contributed by atoms with van der Waals surface area (Å²) in [6.07, 6.45) is 2.48. The molecule has 0 bridgehead atoms. The lowest BCUT2D eigenvalue weighted by Crippen LogP contribution is -2.25. The first-order valence-corrected chi connectivity index (χ1v) is 7.51. The van der Waals surface area contributed by atoms with E-state index < -0.39 is 0 Å². The molecule has 1 N–H and O–H groups in total. The van der Waals surface area contributed by atoms with Crippen LogP contribution in [0.1, 0.15) is 37.4 Å². The average molecular weight is 301 g/mol. The Balaban J connectivity index is 1.65. The van der Waals surface area contributed by atoms with E-state index in [1.54, 1.807) is 0 Å². The standard InChI is InChI=1S/C16H19N3O3/c1-10(2)21-13-7-5-12(6-8-13)14-18-16(22-19-14)15(20)17-9-11-3-4-11/h5-8,10-11H,3-4,9H2,1-2H3,(H,17,20). The van der Waals surface area contributed by atoms with Crippen molar-refractivity contribution in [1.82, 2.24) is 15.5 Å². The van der Waals surface area contributed by atoms with Crippen molar-refractivity contribution in [2.75, 3.05) is 6.54 Å². The normalized spacial score (nSPS) is 14.1. The van der Waals surface area contributed by atoms with Gasteiger partial charge in [0, 0.05) is 12.1 Å². The third kappa shape index (κ3) is 3.63. The van der Waals surface area contributed by atoms with E-state index in [9.17, 15) is 4.79 Å². The van der Waals surface area contributed by atoms with Crippen LogP contribution in [0.5, 0.6) is 5.75 Å². The molecule has 1 aliphatic carbocycles. The van der Waals surface area contributed by atoms with Crippen molar-refractivity contribution in [2.24, 2.45) is 5.92 Å². The summed E-state index contributed by atoms with van der Waals surface area (Å²) in [6, 6.07) is 7.37. The Morgan fingerprint density at radius 2 is 2.09 bits per heavy atom. The second-order valence-electron chi connectivity index (χ2n) is 5.77. The van der Waals surface area contributed by atoms with E-state index in [2.05, 4.69) is 15.5 Å². The fourth-order valence-corrected chi connectivity index (χ4v) is 2.02. The Morgan fingerprint density at radius 3 is 2.73 bits per heavy atom. The van der Waals surface area contributed by atoms with Gasteiger partial charge in [-0.15, -0.1) is 0 Å². The van der Waals surface area contributed by atoms with Gasteiger partial charge >= 0.3 is 11.8 Å². The molecule has 0 radical (unpaired) electrons. The molecule has 116 valence electrons. The first-order valence-electron chi connectivity index (χ1n) is 7.51. The first kappa shape index (κ1) is 14.6. The quantitative estimate of drug-likeness (QED) is 0.887. The summed E-state index contributed by atoms with van der Waals surface area (Å²) in [5.41, 5.74) is 0.779. The largest absolute Gasteiger partial charge is 0.491 e. The maximum absolute atomic E-state index is 11.9. The van der Waals surface area contributed by atoms with Gasteiger partial charge in [0.1, 0.15) is 5.75 Å². The molecule has 2 aromatic rings. The summed E-state index contributed by atoms with van der Waals surface area (Å²) >= 11 is 0. The van der Waals surface area contributed by atoms with Crippen molar-refractivity contribution < 1.29 is 14.1 Å². The van der Waals surface area contributed by atoms with E-state index >= 15 is 0 Å². The molecule has 1 heterocycles. The SMILES string of the molecule is CC(C)Oc1ccc(-c2noc(C(=O)NCC3CC3)n2)cc1. The number of nitrogens with one attached hydrogen (secondary N) is 1. The molecular weight excluding hydrogens is 282 g/mol. The van der Waals surface area contributed by atoms with Gasteiger partial charge in [-0.05, 0) is 56.9 Å². The minimum absolute atomic E-state index is 0.00171. The van der Waals surface area contributed by atoms with Crippen LogP contribution in [0.3, 0.4) is 0 Å². The highest BCUT2D eigenvalue weighted by atomic mass is 16.5. The fraction of sp³-hybridized carbons (Fsp3) is 0.438. The van der Waals surface area contributed by atoms with Crippen molar-refractivity contribution in [3.63, 3.8) is 0 Å². The van der Waals surface area contributed by atoms with Crippen LogP contribution in [0.4, 0.5) is 0 Å². The number of carbonyl (C=O) groups excluding carboxylic acids is 1. The van der Waals surface area contributed by atoms with E-state index in [4.69, 9.17) is 9.26 Å². The zero-order chi connectivity index (χ0) is 15.5. The summed E-state index contributed by atoms with van der Waals surface area (Å²) in [4.78, 5) is 16.0. The van der Waals surface area contributed by atoms with Crippen LogP contribution in [0, 0.1) is 5.92 Å². The third-order valence-electron chi connectivity index (χ3n) is 3.35. The van der Waals surface area contributed by atoms with E-state index in [0.717, 1.165) is 11.3 Å². The van der Waals surface area contributed by atoms with Gasteiger partial charge in [-0.3, -0.25) is 4.79 Å². The van der Waals surface area contributed by atoms with Gasteiger partial charge in [0.25, 0.3) is 0 Å². The lowest BCUT2D eigenvalue weighted by Gasteiger charge is -2.09. The number of aromatic nitrogens is 2. The molecule has 3 rings (SSSR count). The van der Waals surface area contributed by atoms with Gasteiger partial charge in [0.2, 0.25) is 5.82 Å². The molecular formula is C16H19N3O3. The van der Waals surface area contributed by atoms with E-state index in [-0.39, 0.29) is 17.9 Å². The smallest absolute Gasteiger partial charge is 0.316 e. The van der Waals surface area contributed by atoms with Crippen LogP contribution >= 0.6 is 0 Å². The molecule has 0 unspecified atom stereocenters. The van der Waals surface area contributed by atoms with Crippen molar-refractivity contribution >= 4 is 5.91 Å². The Bertz CT molecular complexity index is 645. The molecule has 0 atom stereocenters. The maximum atomic E-state index is 11.9. The van der Waals surface area contributed by atoms with Crippen molar-refractivity contribution in [3.05, 3.63) is 30.2 Å². The number of carbonyl (C=O) groups is 1. The number of hydrogen-bond donors (Lipinski definition) is 1. The molecule has 1 fully saturated rings. The number of amides is 1. The molecule has 0 saturated heterocycles. The third-order valence-corrected chi connectivity index (χ3v) is 3.35. The van der Waals surface area contributed by atoms with Crippen LogP contribution in [-0.4, -0.2) is 28.7 Å². The number of hydrogen-bond acceptors (Lipinski definition) is 5. The van der Waals surface area contributed by atoms with Gasteiger partial charge in [-0.2, -0.15) is 4.98 Å². The van der Waals surface area contributed by atoms with E-state index in [1.165, 1.54) is 12.8 Å². The van der Waals surface area contributed by atoms with Gasteiger partial charge in [-0.1, -0.05) is 5.16 Å². The molecule has 1 aromatic carbocycles. The van der Waals surface area contributed by atoms with Crippen molar-refractivity contribution in [2.45, 2.75) is 32.8 Å². The summed E-state index contributed by atoms with van der Waals surface area (Å²) in [6.45, 7) is 4.62. The molecule has 1 aliphatic rings. The Labute approximate surface area is 128 Å². The molecule has 1 amide bonds. The van der Waals surface area contributed by atoms with Crippen LogP contribution in [0.25, 0.3) is 11.4 Å². The highest BCUT2D eigenvalue weighted by molar-refractivity contribution is 5.89. The Kier molecular flexibility index (Phi) is 4.09. The van der Waals surface area contributed by atoms with Crippen molar-refractivity contribution in [3.8, 4) is 17.1 Å². The second-order valence-corrected chi connectivity index (χ2v) is 5.77. The predicted octanol–water partition coefficient (Wildman–Crippen LogP) is 2.66. The number of ether oxygens (including phenoxy) is 1. The lowest BCUT2D eigenvalue weighted by molar-refractivity contribution is 0.0908. The first-order chi connectivity index (χ1) is 10.6. The summed E-state index contributed by atoms with van der Waals surface area (Å²) in [5.74, 6) is 1.47. The average Bonchev–Trinajstić information content (AvgIpc) is 3.19. The van der Waals surface area contributed by atoms with E-state index in [1.807, 2.05) is 38.1 Å². The molecule has 0 aliphatic heterocycles. The second kappa shape index (κ2) is 6.17. The van der Waals surface area contributed by atoms with Crippen LogP contribution in [-0.2, 0) is 0 Å². The molecule has 6 heteroatoms. The topological polar surface area (TPSA) is 77.2 Å². The van der Waals surface area contributed by atoms with Crippen LogP contribution < -0.4 is 10.1 Å². The zero-order valence-electron chi connectivity index (χ0n) is 12.7. The highest BCUT2D eigenvalue weighted by Crippen LogP contribution is 2.27. The molecule has 22 heavy (non-hydrogen) atoms. The maximum Gasteiger partial charge on any atom is 0.316 e. The minimum atomic E-state index is -0.314.